The normalized spacial score (nSPS) is 9.29. The number of carbonyl (C=O) groups is 2. The zero-order chi connectivity index (χ0) is 13.5. The summed E-state index contributed by atoms with van der Waals surface area (Å²) in [4.78, 5) is 19.3. The second-order valence-electron chi connectivity index (χ2n) is 3.61. The number of rotatable bonds is 9. The lowest BCUT2D eigenvalue weighted by Crippen LogP contribution is -2.00. The number of hydrogen-bond acceptors (Lipinski definition) is 3. The average Bonchev–Trinajstić information content (AvgIpc) is 2.27. The fraction of sp³-hybridized carbons (Fsp3) is 0.833. The topological polar surface area (TPSA) is 83.8 Å². The molecule has 0 aliphatic rings. The largest absolute Gasteiger partial charge is 0.481 e. The van der Waals surface area contributed by atoms with Crippen molar-refractivity contribution in [3.63, 3.8) is 0 Å². The summed E-state index contributed by atoms with van der Waals surface area (Å²) < 4.78 is 5.31. The Kier molecular flexibility index (Phi) is 16.0. The van der Waals surface area contributed by atoms with Crippen molar-refractivity contribution in [3.05, 3.63) is 0 Å². The third-order valence-electron chi connectivity index (χ3n) is 1.84. The van der Waals surface area contributed by atoms with Crippen molar-refractivity contribution in [3.8, 4) is 0 Å². The van der Waals surface area contributed by atoms with Gasteiger partial charge in [0.1, 0.15) is 0 Å². The first-order chi connectivity index (χ1) is 8.04. The maximum Gasteiger partial charge on any atom is 0.303 e. The van der Waals surface area contributed by atoms with Crippen LogP contribution in [0.3, 0.4) is 0 Å². The molecule has 0 saturated heterocycles. The van der Waals surface area contributed by atoms with Crippen LogP contribution in [0.4, 0.5) is 0 Å². The Morgan fingerprint density at radius 1 is 0.882 bits per heavy atom. The molecular weight excluding hydrogens is 224 g/mol. The van der Waals surface area contributed by atoms with Crippen molar-refractivity contribution in [2.45, 2.75) is 52.4 Å². The molecule has 0 aromatic rings. The molecule has 17 heavy (non-hydrogen) atoms. The Hall–Kier alpha value is -1.10. The molecule has 0 aromatic carbocycles. The number of aliphatic carboxylic acids is 2. The van der Waals surface area contributed by atoms with Gasteiger partial charge >= 0.3 is 11.9 Å². The standard InChI is InChI=1S/C8H18O.C4H6O4/c1-3-5-7-9-8-6-4-2;5-3(6)1-2-4(7)8/h3-8H2,1-2H3;1-2H2,(H,5,6)(H,7,8). The minimum absolute atomic E-state index is 0.296. The van der Waals surface area contributed by atoms with Crippen molar-refractivity contribution < 1.29 is 24.5 Å². The molecule has 0 aliphatic heterocycles. The van der Waals surface area contributed by atoms with Gasteiger partial charge < -0.3 is 14.9 Å². The Bertz CT molecular complexity index is 171. The van der Waals surface area contributed by atoms with Crippen molar-refractivity contribution in [2.24, 2.45) is 0 Å². The third-order valence-corrected chi connectivity index (χ3v) is 1.84. The van der Waals surface area contributed by atoms with Crippen LogP contribution in [0.5, 0.6) is 0 Å². The highest BCUT2D eigenvalue weighted by molar-refractivity contribution is 5.75. The fourth-order valence-corrected chi connectivity index (χ4v) is 0.809. The van der Waals surface area contributed by atoms with Gasteiger partial charge in [0.15, 0.2) is 0 Å². The van der Waals surface area contributed by atoms with E-state index >= 15 is 0 Å². The second-order valence-corrected chi connectivity index (χ2v) is 3.61. The highest BCUT2D eigenvalue weighted by Gasteiger charge is 2.00. The van der Waals surface area contributed by atoms with E-state index in [2.05, 4.69) is 13.8 Å². The molecule has 5 nitrogen and oxygen atoms in total. The molecule has 0 unspecified atom stereocenters. The van der Waals surface area contributed by atoms with Crippen molar-refractivity contribution in [1.82, 2.24) is 0 Å². The van der Waals surface area contributed by atoms with Crippen LogP contribution in [-0.4, -0.2) is 35.4 Å². The van der Waals surface area contributed by atoms with Gasteiger partial charge in [0.25, 0.3) is 0 Å². The molecule has 0 spiro atoms. The number of unbranched alkanes of at least 4 members (excludes halogenated alkanes) is 2. The minimum atomic E-state index is -1.08. The quantitative estimate of drug-likeness (QED) is 0.612. The smallest absolute Gasteiger partial charge is 0.303 e. The Balaban J connectivity index is 0. The molecule has 0 radical (unpaired) electrons. The lowest BCUT2D eigenvalue weighted by molar-refractivity contribution is -0.143. The van der Waals surface area contributed by atoms with Crippen molar-refractivity contribution in [1.29, 1.82) is 0 Å². The van der Waals surface area contributed by atoms with Gasteiger partial charge in [-0.2, -0.15) is 0 Å². The number of carboxylic acids is 2. The summed E-state index contributed by atoms with van der Waals surface area (Å²) >= 11 is 0. The predicted octanol–water partition coefficient (Wildman–Crippen LogP) is 2.54. The summed E-state index contributed by atoms with van der Waals surface area (Å²) in [7, 11) is 0. The SMILES string of the molecule is CCCCOCCCC.O=C(O)CCC(=O)O. The van der Waals surface area contributed by atoms with Gasteiger partial charge in [-0.15, -0.1) is 0 Å². The molecule has 0 atom stereocenters. The Morgan fingerprint density at radius 3 is 1.47 bits per heavy atom. The molecule has 102 valence electrons. The summed E-state index contributed by atoms with van der Waals surface area (Å²) in [6.45, 7) is 6.28. The third kappa shape index (κ3) is 25.3. The predicted molar refractivity (Wildman–Crippen MR) is 65.1 cm³/mol. The van der Waals surface area contributed by atoms with Gasteiger partial charge in [0, 0.05) is 13.2 Å². The summed E-state index contributed by atoms with van der Waals surface area (Å²) in [5.41, 5.74) is 0. The molecule has 0 amide bonds. The second kappa shape index (κ2) is 14.9. The summed E-state index contributed by atoms with van der Waals surface area (Å²) in [5, 5.41) is 15.8. The maximum atomic E-state index is 9.64. The van der Waals surface area contributed by atoms with Gasteiger partial charge in [-0.1, -0.05) is 26.7 Å². The van der Waals surface area contributed by atoms with E-state index in [0.29, 0.717) is 0 Å². The number of hydrogen-bond donors (Lipinski definition) is 2. The van der Waals surface area contributed by atoms with Crippen LogP contribution in [-0.2, 0) is 14.3 Å². The van der Waals surface area contributed by atoms with E-state index in [1.807, 2.05) is 0 Å². The summed E-state index contributed by atoms with van der Waals surface area (Å²) in [5.74, 6) is -2.15. The van der Waals surface area contributed by atoms with Gasteiger partial charge in [0.05, 0.1) is 12.8 Å². The van der Waals surface area contributed by atoms with Crippen LogP contribution < -0.4 is 0 Å². The van der Waals surface area contributed by atoms with Crippen LogP contribution in [0.25, 0.3) is 0 Å². The molecular formula is C12H24O5. The van der Waals surface area contributed by atoms with E-state index in [1.165, 1.54) is 25.7 Å². The first kappa shape index (κ1) is 18.3. The molecule has 0 heterocycles. The molecule has 2 N–H and O–H groups in total. The lowest BCUT2D eigenvalue weighted by Gasteiger charge is -1.99. The van der Waals surface area contributed by atoms with Gasteiger partial charge in [-0.3, -0.25) is 9.59 Å². The monoisotopic (exact) mass is 248 g/mol. The molecule has 0 saturated carbocycles. The molecule has 5 heteroatoms. The fourth-order valence-electron chi connectivity index (χ4n) is 0.809. The average molecular weight is 248 g/mol. The summed E-state index contributed by atoms with van der Waals surface area (Å²) in [6, 6.07) is 0. The Morgan fingerprint density at radius 2 is 1.24 bits per heavy atom. The minimum Gasteiger partial charge on any atom is -0.481 e. The summed E-state index contributed by atoms with van der Waals surface area (Å²) in [6.07, 6.45) is 4.32. The molecule has 0 fully saturated rings. The van der Waals surface area contributed by atoms with Gasteiger partial charge in [0.2, 0.25) is 0 Å². The van der Waals surface area contributed by atoms with Crippen LogP contribution in [0.15, 0.2) is 0 Å². The lowest BCUT2D eigenvalue weighted by atomic mass is 10.3. The van der Waals surface area contributed by atoms with Crippen molar-refractivity contribution >= 4 is 11.9 Å². The number of ether oxygens (including phenoxy) is 1. The van der Waals surface area contributed by atoms with E-state index in [-0.39, 0.29) is 12.8 Å². The highest BCUT2D eigenvalue weighted by Crippen LogP contribution is 1.91. The van der Waals surface area contributed by atoms with E-state index in [1.54, 1.807) is 0 Å². The Labute approximate surface area is 103 Å². The highest BCUT2D eigenvalue weighted by atomic mass is 16.5. The van der Waals surface area contributed by atoms with Crippen LogP contribution in [0.2, 0.25) is 0 Å². The van der Waals surface area contributed by atoms with E-state index in [9.17, 15) is 9.59 Å². The zero-order valence-corrected chi connectivity index (χ0v) is 10.8. The first-order valence-electron chi connectivity index (χ1n) is 6.05. The zero-order valence-electron chi connectivity index (χ0n) is 10.8. The molecule has 0 aliphatic carbocycles. The molecule has 0 bridgehead atoms. The first-order valence-corrected chi connectivity index (χ1v) is 6.05. The van der Waals surface area contributed by atoms with Crippen LogP contribution >= 0.6 is 0 Å². The van der Waals surface area contributed by atoms with Crippen LogP contribution in [0, 0.1) is 0 Å². The van der Waals surface area contributed by atoms with E-state index in [4.69, 9.17) is 14.9 Å². The van der Waals surface area contributed by atoms with E-state index in [0.717, 1.165) is 13.2 Å². The number of carboxylic acid groups (broad SMARTS) is 2. The molecule has 0 aromatic heterocycles. The van der Waals surface area contributed by atoms with Gasteiger partial charge in [-0.25, -0.2) is 0 Å². The molecule has 0 rings (SSSR count). The van der Waals surface area contributed by atoms with Gasteiger partial charge in [-0.05, 0) is 12.8 Å². The van der Waals surface area contributed by atoms with E-state index < -0.39 is 11.9 Å². The van der Waals surface area contributed by atoms with Crippen molar-refractivity contribution in [2.75, 3.05) is 13.2 Å². The van der Waals surface area contributed by atoms with Crippen LogP contribution in [0.1, 0.15) is 52.4 Å². The maximum absolute atomic E-state index is 9.64.